The van der Waals surface area contributed by atoms with Gasteiger partial charge >= 0.3 is 12.5 Å². The van der Waals surface area contributed by atoms with E-state index in [2.05, 4.69) is 4.74 Å². The summed E-state index contributed by atoms with van der Waals surface area (Å²) >= 11 is 0. The molecule has 0 fully saturated rings. The smallest absolute Gasteiger partial charge is 0.406 e. The minimum atomic E-state index is -4.85. The first kappa shape index (κ1) is 21.8. The van der Waals surface area contributed by atoms with Crippen molar-refractivity contribution in [3.8, 4) is 5.75 Å². The van der Waals surface area contributed by atoms with E-state index in [9.17, 15) is 26.3 Å². The minimum Gasteiger partial charge on any atom is -0.406 e. The van der Waals surface area contributed by atoms with Gasteiger partial charge in [-0.3, -0.25) is 0 Å². The highest BCUT2D eigenvalue weighted by atomic mass is 28.4. The highest BCUT2D eigenvalue weighted by Crippen LogP contribution is 2.40. The second-order valence-electron chi connectivity index (χ2n) is 7.30. The Kier molecular flexibility index (Phi) is 6.27. The normalized spacial score (nSPS) is 15.2. The van der Waals surface area contributed by atoms with E-state index < -0.39 is 44.2 Å². The Hall–Kier alpha value is -1.22. The molecular formula is C16H22F6O2Si. The Morgan fingerprint density at radius 3 is 1.76 bits per heavy atom. The molecule has 0 radical (unpaired) electrons. The number of hydrogen-bond acceptors (Lipinski definition) is 2. The van der Waals surface area contributed by atoms with E-state index in [1.54, 1.807) is 13.1 Å². The standard InChI is InChI=1S/C16H22F6O2Si/c1-14(2,3)25(4,5)24-13(15(17,18)19)10-11-6-8-12(9-7-11)23-16(20,21)22/h6-9,13H,10H2,1-5H3. The molecular weight excluding hydrogens is 366 g/mol. The molecule has 1 unspecified atom stereocenters. The Bertz CT molecular complexity index is 558. The molecule has 25 heavy (non-hydrogen) atoms. The Morgan fingerprint density at radius 1 is 0.920 bits per heavy atom. The lowest BCUT2D eigenvalue weighted by molar-refractivity contribution is -0.274. The zero-order valence-corrected chi connectivity index (χ0v) is 15.7. The SMILES string of the molecule is CC(C)(C)[Si](C)(C)OC(Cc1ccc(OC(F)(F)F)cc1)C(F)(F)F. The van der Waals surface area contributed by atoms with Gasteiger partial charge in [-0.1, -0.05) is 32.9 Å². The first-order valence-corrected chi connectivity index (χ1v) is 10.5. The number of benzene rings is 1. The van der Waals surface area contributed by atoms with Gasteiger partial charge in [-0.2, -0.15) is 13.2 Å². The molecule has 0 spiro atoms. The molecule has 0 aromatic heterocycles. The molecule has 0 aliphatic rings. The molecule has 144 valence electrons. The monoisotopic (exact) mass is 388 g/mol. The minimum absolute atomic E-state index is 0.218. The maximum atomic E-state index is 13.3. The summed E-state index contributed by atoms with van der Waals surface area (Å²) in [6, 6.07) is 4.33. The molecule has 1 aromatic rings. The van der Waals surface area contributed by atoms with Crippen LogP contribution in [-0.4, -0.2) is 27.0 Å². The number of rotatable bonds is 5. The van der Waals surface area contributed by atoms with Crippen LogP contribution >= 0.6 is 0 Å². The van der Waals surface area contributed by atoms with Crippen molar-refractivity contribution in [3.63, 3.8) is 0 Å². The lowest BCUT2D eigenvalue weighted by Gasteiger charge is -2.39. The predicted molar refractivity (Wildman–Crippen MR) is 85.0 cm³/mol. The van der Waals surface area contributed by atoms with Crippen molar-refractivity contribution in [3.05, 3.63) is 29.8 Å². The number of ether oxygens (including phenoxy) is 1. The van der Waals surface area contributed by atoms with Gasteiger partial charge in [0.25, 0.3) is 0 Å². The largest absolute Gasteiger partial charge is 0.573 e. The fourth-order valence-electron chi connectivity index (χ4n) is 1.80. The lowest BCUT2D eigenvalue weighted by Crippen LogP contribution is -2.48. The van der Waals surface area contributed by atoms with Gasteiger partial charge in [0.2, 0.25) is 0 Å². The van der Waals surface area contributed by atoms with Gasteiger partial charge < -0.3 is 9.16 Å². The van der Waals surface area contributed by atoms with E-state index in [1.807, 2.05) is 20.8 Å². The van der Waals surface area contributed by atoms with Crippen LogP contribution in [0.25, 0.3) is 0 Å². The van der Waals surface area contributed by atoms with E-state index in [0.717, 1.165) is 12.1 Å². The summed E-state index contributed by atoms with van der Waals surface area (Å²) in [6.07, 6.45) is -11.9. The average Bonchev–Trinajstić information content (AvgIpc) is 2.35. The van der Waals surface area contributed by atoms with Crippen molar-refractivity contribution in [1.29, 1.82) is 0 Å². The van der Waals surface area contributed by atoms with Crippen LogP contribution in [-0.2, 0) is 10.8 Å². The quantitative estimate of drug-likeness (QED) is 0.450. The van der Waals surface area contributed by atoms with E-state index in [-0.39, 0.29) is 5.56 Å². The molecule has 0 amide bonds. The molecule has 0 aliphatic carbocycles. The van der Waals surface area contributed by atoms with Gasteiger partial charge in [0, 0.05) is 6.42 Å². The Labute approximate surface area is 144 Å². The van der Waals surface area contributed by atoms with Crippen LogP contribution in [0, 0.1) is 0 Å². The van der Waals surface area contributed by atoms with Crippen molar-refractivity contribution in [2.45, 2.75) is 64.0 Å². The summed E-state index contributed by atoms with van der Waals surface area (Å²) in [5, 5.41) is -0.402. The van der Waals surface area contributed by atoms with Crippen LogP contribution in [0.2, 0.25) is 18.1 Å². The lowest BCUT2D eigenvalue weighted by atomic mass is 10.1. The first-order chi connectivity index (χ1) is 11.0. The van der Waals surface area contributed by atoms with Crippen LogP contribution in [0.15, 0.2) is 24.3 Å². The predicted octanol–water partition coefficient (Wildman–Crippen LogP) is 6.08. The molecule has 2 nitrogen and oxygen atoms in total. The zero-order valence-electron chi connectivity index (χ0n) is 14.7. The average molecular weight is 388 g/mol. The van der Waals surface area contributed by atoms with Crippen LogP contribution in [0.1, 0.15) is 26.3 Å². The molecule has 0 bridgehead atoms. The van der Waals surface area contributed by atoms with Gasteiger partial charge in [0.05, 0.1) is 0 Å². The fourth-order valence-corrected chi connectivity index (χ4v) is 3.08. The summed E-state index contributed by atoms with van der Waals surface area (Å²) < 4.78 is 85.6. The molecule has 1 rings (SSSR count). The molecule has 9 heteroatoms. The van der Waals surface area contributed by atoms with Gasteiger partial charge in [0.1, 0.15) is 11.9 Å². The number of hydrogen-bond donors (Lipinski definition) is 0. The zero-order chi connectivity index (χ0) is 19.7. The summed E-state index contributed by atoms with van der Waals surface area (Å²) in [4.78, 5) is 0. The second kappa shape index (κ2) is 7.18. The summed E-state index contributed by atoms with van der Waals surface area (Å²) in [7, 11) is -2.67. The van der Waals surface area contributed by atoms with Crippen LogP contribution in [0.3, 0.4) is 0 Å². The van der Waals surface area contributed by atoms with Crippen molar-refractivity contribution >= 4 is 8.32 Å². The first-order valence-electron chi connectivity index (χ1n) is 7.60. The van der Waals surface area contributed by atoms with Gasteiger partial charge in [-0.25, -0.2) is 0 Å². The Morgan fingerprint density at radius 2 is 1.40 bits per heavy atom. The third kappa shape index (κ3) is 6.89. The van der Waals surface area contributed by atoms with Gasteiger partial charge in [-0.15, -0.1) is 13.2 Å². The highest BCUT2D eigenvalue weighted by molar-refractivity contribution is 6.74. The molecule has 0 saturated heterocycles. The van der Waals surface area contributed by atoms with Crippen molar-refractivity contribution in [1.82, 2.24) is 0 Å². The van der Waals surface area contributed by atoms with Crippen molar-refractivity contribution in [2.75, 3.05) is 0 Å². The topological polar surface area (TPSA) is 18.5 Å². The maximum absolute atomic E-state index is 13.3. The van der Waals surface area contributed by atoms with Gasteiger partial charge in [-0.05, 0) is 35.8 Å². The van der Waals surface area contributed by atoms with Crippen LogP contribution < -0.4 is 4.74 Å². The van der Waals surface area contributed by atoms with Crippen molar-refractivity contribution in [2.24, 2.45) is 0 Å². The van der Waals surface area contributed by atoms with Crippen molar-refractivity contribution < 1.29 is 35.5 Å². The molecule has 0 aliphatic heterocycles. The van der Waals surface area contributed by atoms with E-state index in [4.69, 9.17) is 4.43 Å². The summed E-state index contributed by atoms with van der Waals surface area (Å²) in [5.41, 5.74) is 0.218. The van der Waals surface area contributed by atoms with E-state index in [1.165, 1.54) is 12.1 Å². The second-order valence-corrected chi connectivity index (χ2v) is 12.1. The number of alkyl halides is 6. The van der Waals surface area contributed by atoms with Crippen LogP contribution in [0.4, 0.5) is 26.3 Å². The van der Waals surface area contributed by atoms with E-state index >= 15 is 0 Å². The highest BCUT2D eigenvalue weighted by Gasteiger charge is 2.47. The molecule has 1 atom stereocenters. The fraction of sp³-hybridized carbons (Fsp3) is 0.625. The summed E-state index contributed by atoms with van der Waals surface area (Å²) in [6.45, 7) is 8.92. The molecule has 1 aromatic carbocycles. The Balaban J connectivity index is 2.93. The third-order valence-corrected chi connectivity index (χ3v) is 8.67. The van der Waals surface area contributed by atoms with Crippen LogP contribution in [0.5, 0.6) is 5.75 Å². The maximum Gasteiger partial charge on any atom is 0.573 e. The van der Waals surface area contributed by atoms with E-state index in [0.29, 0.717) is 0 Å². The third-order valence-electron chi connectivity index (χ3n) is 4.19. The molecule has 0 N–H and O–H groups in total. The molecule has 0 heterocycles. The summed E-state index contributed by atoms with van der Waals surface area (Å²) in [5.74, 6) is -0.481. The number of halogens is 6. The van der Waals surface area contributed by atoms with Gasteiger partial charge in [0.15, 0.2) is 8.32 Å². The molecule has 0 saturated carbocycles.